The van der Waals surface area contributed by atoms with Gasteiger partial charge in [-0.1, -0.05) is 13.8 Å². The van der Waals surface area contributed by atoms with Crippen molar-refractivity contribution in [1.29, 1.82) is 0 Å². The van der Waals surface area contributed by atoms with Crippen LogP contribution in [0.15, 0.2) is 40.6 Å². The first-order chi connectivity index (χ1) is 11.6. The number of hydrogen-bond acceptors (Lipinski definition) is 5. The summed E-state index contributed by atoms with van der Waals surface area (Å²) in [4.78, 5) is 17.7. The summed E-state index contributed by atoms with van der Waals surface area (Å²) in [5, 5.41) is 4.94. The summed E-state index contributed by atoms with van der Waals surface area (Å²) in [7, 11) is 0. The highest BCUT2D eigenvalue weighted by molar-refractivity contribution is 7.15. The molecule has 0 fully saturated rings. The van der Waals surface area contributed by atoms with Crippen molar-refractivity contribution in [2.24, 2.45) is 5.92 Å². The molecule has 24 heavy (non-hydrogen) atoms. The van der Waals surface area contributed by atoms with Crippen LogP contribution in [-0.2, 0) is 16.0 Å². The van der Waals surface area contributed by atoms with Gasteiger partial charge in [0.2, 0.25) is 5.91 Å². The van der Waals surface area contributed by atoms with Crippen molar-refractivity contribution in [3.63, 3.8) is 0 Å². The Morgan fingerprint density at radius 1 is 1.46 bits per heavy atom. The monoisotopic (exact) mass is 347 g/mol. The number of carbonyl (C=O) groups excluding carboxylic acids is 1. The number of aromatic nitrogens is 2. The zero-order valence-electron chi connectivity index (χ0n) is 13.8. The Morgan fingerprint density at radius 3 is 3.04 bits per heavy atom. The van der Waals surface area contributed by atoms with Gasteiger partial charge in [0, 0.05) is 24.4 Å². The average Bonchev–Trinajstić information content (AvgIpc) is 3.22. The number of rotatable bonds is 8. The highest BCUT2D eigenvalue weighted by Gasteiger charge is 2.19. The molecule has 0 aliphatic heterocycles. The maximum Gasteiger partial charge on any atom is 0.226 e. The molecule has 0 aliphatic rings. The second kappa shape index (κ2) is 7.63. The number of fused-ring (bicyclic) bond motifs is 1. The van der Waals surface area contributed by atoms with Gasteiger partial charge in [-0.15, -0.1) is 11.3 Å². The SMILES string of the molecule is CC(C)COC[C@@H](NC(=O)Cc1cn2ccsc2n1)c1ccco1. The lowest BCUT2D eigenvalue weighted by Gasteiger charge is -2.17. The normalized spacial score (nSPS) is 12.8. The number of nitrogens with one attached hydrogen (secondary N) is 1. The minimum Gasteiger partial charge on any atom is -0.467 e. The summed E-state index contributed by atoms with van der Waals surface area (Å²) in [6.07, 6.45) is 5.64. The largest absolute Gasteiger partial charge is 0.467 e. The van der Waals surface area contributed by atoms with E-state index >= 15 is 0 Å². The zero-order chi connectivity index (χ0) is 16.9. The first kappa shape index (κ1) is 16.7. The maximum atomic E-state index is 12.4. The predicted octanol–water partition coefficient (Wildman–Crippen LogP) is 3.06. The van der Waals surface area contributed by atoms with E-state index in [2.05, 4.69) is 24.1 Å². The number of thiazole rings is 1. The van der Waals surface area contributed by atoms with Crippen LogP contribution in [-0.4, -0.2) is 28.5 Å². The van der Waals surface area contributed by atoms with Gasteiger partial charge >= 0.3 is 0 Å². The lowest BCUT2D eigenvalue weighted by atomic mass is 10.2. The Bertz CT molecular complexity index is 748. The molecule has 1 N–H and O–H groups in total. The molecule has 3 heterocycles. The van der Waals surface area contributed by atoms with Gasteiger partial charge in [-0.2, -0.15) is 0 Å². The van der Waals surface area contributed by atoms with E-state index in [1.165, 1.54) is 0 Å². The van der Waals surface area contributed by atoms with Crippen LogP contribution in [0.25, 0.3) is 4.96 Å². The van der Waals surface area contributed by atoms with Gasteiger partial charge in [-0.25, -0.2) is 4.98 Å². The van der Waals surface area contributed by atoms with Crippen LogP contribution in [0.5, 0.6) is 0 Å². The number of imidazole rings is 1. The fraction of sp³-hybridized carbons (Fsp3) is 0.412. The van der Waals surface area contributed by atoms with Crippen molar-refractivity contribution in [1.82, 2.24) is 14.7 Å². The molecular formula is C17H21N3O3S. The van der Waals surface area contributed by atoms with Crippen molar-refractivity contribution in [2.75, 3.05) is 13.2 Å². The molecule has 0 aliphatic carbocycles. The van der Waals surface area contributed by atoms with E-state index in [0.717, 1.165) is 10.7 Å². The standard InChI is InChI=1S/C17H21N3O3S/c1-12(2)10-22-11-14(15-4-3-6-23-15)19-16(21)8-13-9-20-5-7-24-17(20)18-13/h3-7,9,12,14H,8,10-11H2,1-2H3,(H,19,21)/t14-/m1/s1. The highest BCUT2D eigenvalue weighted by atomic mass is 32.1. The van der Waals surface area contributed by atoms with Crippen LogP contribution in [0.4, 0.5) is 0 Å². The van der Waals surface area contributed by atoms with Crippen LogP contribution in [0.2, 0.25) is 0 Å². The van der Waals surface area contributed by atoms with Gasteiger partial charge in [-0.3, -0.25) is 9.20 Å². The minimum atomic E-state index is -0.296. The molecule has 3 aromatic rings. The van der Waals surface area contributed by atoms with Gasteiger partial charge in [0.1, 0.15) is 11.8 Å². The number of hydrogen-bond donors (Lipinski definition) is 1. The molecule has 6 nitrogen and oxygen atoms in total. The minimum absolute atomic E-state index is 0.102. The van der Waals surface area contributed by atoms with E-state index in [-0.39, 0.29) is 18.4 Å². The smallest absolute Gasteiger partial charge is 0.226 e. The number of carbonyl (C=O) groups is 1. The molecule has 3 aromatic heterocycles. The van der Waals surface area contributed by atoms with Crippen molar-refractivity contribution in [2.45, 2.75) is 26.3 Å². The van der Waals surface area contributed by atoms with E-state index in [0.29, 0.717) is 24.9 Å². The summed E-state index contributed by atoms with van der Waals surface area (Å²) in [6.45, 7) is 5.20. The Balaban J connectivity index is 1.60. The molecule has 0 radical (unpaired) electrons. The number of furan rings is 1. The lowest BCUT2D eigenvalue weighted by molar-refractivity contribution is -0.121. The molecule has 7 heteroatoms. The molecule has 1 atom stereocenters. The third-order valence-corrected chi connectivity index (χ3v) is 4.21. The van der Waals surface area contributed by atoms with Gasteiger partial charge < -0.3 is 14.5 Å². The third kappa shape index (κ3) is 4.24. The molecule has 3 rings (SSSR count). The van der Waals surface area contributed by atoms with Crippen molar-refractivity contribution in [3.05, 3.63) is 47.6 Å². The zero-order valence-corrected chi connectivity index (χ0v) is 14.6. The molecule has 0 bridgehead atoms. The number of nitrogens with zero attached hydrogens (tertiary/aromatic N) is 2. The average molecular weight is 347 g/mol. The summed E-state index contributed by atoms with van der Waals surface area (Å²) < 4.78 is 13.0. The molecule has 0 spiro atoms. The fourth-order valence-electron chi connectivity index (χ4n) is 2.38. The Hall–Kier alpha value is -2.12. The molecule has 0 unspecified atom stereocenters. The van der Waals surface area contributed by atoms with Crippen molar-refractivity contribution in [3.8, 4) is 0 Å². The molecule has 128 valence electrons. The summed E-state index contributed by atoms with van der Waals surface area (Å²) in [6, 6.07) is 3.35. The van der Waals surface area contributed by atoms with Crippen LogP contribution < -0.4 is 5.32 Å². The number of ether oxygens (including phenoxy) is 1. The quantitative estimate of drug-likeness (QED) is 0.680. The maximum absolute atomic E-state index is 12.4. The Kier molecular flexibility index (Phi) is 5.32. The molecule has 0 aromatic carbocycles. The van der Waals surface area contributed by atoms with E-state index in [1.807, 2.05) is 28.2 Å². The van der Waals surface area contributed by atoms with Gasteiger partial charge in [0.25, 0.3) is 0 Å². The molecule has 1 amide bonds. The topological polar surface area (TPSA) is 68.8 Å². The van der Waals surface area contributed by atoms with E-state index in [4.69, 9.17) is 9.15 Å². The lowest BCUT2D eigenvalue weighted by Crippen LogP contribution is -2.32. The first-order valence-electron chi connectivity index (χ1n) is 7.93. The van der Waals surface area contributed by atoms with Crippen molar-refractivity contribution < 1.29 is 13.9 Å². The van der Waals surface area contributed by atoms with E-state index < -0.39 is 0 Å². The van der Waals surface area contributed by atoms with Crippen LogP contribution in [0.3, 0.4) is 0 Å². The van der Waals surface area contributed by atoms with Gasteiger partial charge in [0.05, 0.1) is 25.0 Å². The third-order valence-electron chi connectivity index (χ3n) is 3.44. The Morgan fingerprint density at radius 2 is 2.33 bits per heavy atom. The van der Waals surface area contributed by atoms with Crippen molar-refractivity contribution >= 4 is 22.2 Å². The second-order valence-electron chi connectivity index (χ2n) is 6.07. The summed E-state index contributed by atoms with van der Waals surface area (Å²) >= 11 is 1.55. The highest BCUT2D eigenvalue weighted by Crippen LogP contribution is 2.16. The summed E-state index contributed by atoms with van der Waals surface area (Å²) in [5.41, 5.74) is 0.751. The van der Waals surface area contributed by atoms with Gasteiger partial charge in [0.15, 0.2) is 4.96 Å². The van der Waals surface area contributed by atoms with E-state index in [1.54, 1.807) is 23.7 Å². The first-order valence-corrected chi connectivity index (χ1v) is 8.81. The second-order valence-corrected chi connectivity index (χ2v) is 6.94. The number of amides is 1. The molecule has 0 saturated carbocycles. The molecule has 0 saturated heterocycles. The van der Waals surface area contributed by atoms with Gasteiger partial charge in [-0.05, 0) is 18.1 Å². The van der Waals surface area contributed by atoms with Crippen LogP contribution in [0, 0.1) is 5.92 Å². The van der Waals surface area contributed by atoms with Crippen LogP contribution >= 0.6 is 11.3 Å². The predicted molar refractivity (Wildman–Crippen MR) is 92.0 cm³/mol. The fourth-order valence-corrected chi connectivity index (χ4v) is 3.10. The molecular weight excluding hydrogens is 326 g/mol. The Labute approximate surface area is 144 Å². The summed E-state index contributed by atoms with van der Waals surface area (Å²) in [5.74, 6) is 1.03. The van der Waals surface area contributed by atoms with Crippen LogP contribution in [0.1, 0.15) is 31.3 Å². The van der Waals surface area contributed by atoms with E-state index in [9.17, 15) is 4.79 Å².